The van der Waals surface area contributed by atoms with Crippen LogP contribution in [-0.2, 0) is 20.7 Å². The molecule has 4 rings (SSSR count). The number of ether oxygens (including phenoxy) is 1. The largest absolute Gasteiger partial charge is 0.443 e. The monoisotopic (exact) mass is 441 g/mol. The highest BCUT2D eigenvalue weighted by Crippen LogP contribution is 2.35. The number of fused-ring (bicyclic) bond motifs is 1. The molecule has 2 aliphatic heterocycles. The molecule has 7 nitrogen and oxygen atoms in total. The van der Waals surface area contributed by atoms with Crippen molar-refractivity contribution in [1.82, 2.24) is 5.32 Å². The smallest absolute Gasteiger partial charge is 0.419 e. The van der Waals surface area contributed by atoms with Gasteiger partial charge in [-0.3, -0.25) is 14.9 Å². The van der Waals surface area contributed by atoms with Crippen LogP contribution >= 0.6 is 0 Å². The van der Waals surface area contributed by atoms with Crippen LogP contribution in [-0.4, -0.2) is 30.1 Å². The van der Waals surface area contributed by atoms with E-state index in [0.29, 0.717) is 13.0 Å². The number of carbonyl (C=O) groups excluding carboxylic acids is 3. The molecule has 9 heteroatoms. The SMILES string of the molecule is CC(C)(C)OC(=O)N(C1=C(c2cccc(F)c2F)C(=O)NC1=O)c1ccc2c(c1)CCN2. The number of imide groups is 1. The van der Waals surface area contributed by atoms with Crippen LogP contribution in [0.5, 0.6) is 0 Å². The summed E-state index contributed by atoms with van der Waals surface area (Å²) in [4.78, 5) is 39.6. The Hall–Kier alpha value is -3.75. The minimum absolute atomic E-state index is 0.260. The normalized spacial score (nSPS) is 15.4. The van der Waals surface area contributed by atoms with Crippen LogP contribution < -0.4 is 15.5 Å². The van der Waals surface area contributed by atoms with Crippen LogP contribution in [0, 0.1) is 11.6 Å². The number of amides is 3. The highest BCUT2D eigenvalue weighted by Gasteiger charge is 2.41. The van der Waals surface area contributed by atoms with Gasteiger partial charge in [0, 0.05) is 17.8 Å². The number of halogens is 2. The number of anilines is 2. The van der Waals surface area contributed by atoms with Crippen LogP contribution in [0.15, 0.2) is 42.1 Å². The summed E-state index contributed by atoms with van der Waals surface area (Å²) in [5.41, 5.74) is -0.181. The lowest BCUT2D eigenvalue weighted by Crippen LogP contribution is -2.39. The number of nitrogens with zero attached hydrogens (tertiary/aromatic N) is 1. The Morgan fingerprint density at radius 1 is 1.09 bits per heavy atom. The van der Waals surface area contributed by atoms with E-state index in [9.17, 15) is 23.2 Å². The van der Waals surface area contributed by atoms with Crippen molar-refractivity contribution < 1.29 is 27.9 Å². The first-order valence-corrected chi connectivity index (χ1v) is 10.0. The Kier molecular flexibility index (Phi) is 5.20. The van der Waals surface area contributed by atoms with E-state index in [1.807, 2.05) is 0 Å². The third-order valence-electron chi connectivity index (χ3n) is 4.98. The van der Waals surface area contributed by atoms with Crippen molar-refractivity contribution in [2.75, 3.05) is 16.8 Å². The molecule has 0 radical (unpaired) electrons. The molecule has 0 bridgehead atoms. The fourth-order valence-corrected chi connectivity index (χ4v) is 3.67. The lowest BCUT2D eigenvalue weighted by molar-refractivity contribution is -0.123. The van der Waals surface area contributed by atoms with Crippen molar-refractivity contribution in [2.45, 2.75) is 32.8 Å². The number of benzene rings is 2. The van der Waals surface area contributed by atoms with E-state index in [4.69, 9.17) is 4.74 Å². The Morgan fingerprint density at radius 2 is 1.84 bits per heavy atom. The zero-order valence-corrected chi connectivity index (χ0v) is 17.7. The van der Waals surface area contributed by atoms with Crippen molar-refractivity contribution in [2.24, 2.45) is 0 Å². The van der Waals surface area contributed by atoms with E-state index in [2.05, 4.69) is 10.6 Å². The maximum absolute atomic E-state index is 14.6. The second-order valence-corrected chi connectivity index (χ2v) is 8.44. The van der Waals surface area contributed by atoms with Crippen molar-refractivity contribution in [3.05, 3.63) is 64.9 Å². The van der Waals surface area contributed by atoms with E-state index in [0.717, 1.165) is 22.2 Å². The van der Waals surface area contributed by atoms with Crippen LogP contribution in [0.1, 0.15) is 31.9 Å². The van der Waals surface area contributed by atoms with Gasteiger partial charge >= 0.3 is 6.09 Å². The molecule has 2 aromatic rings. The summed E-state index contributed by atoms with van der Waals surface area (Å²) in [7, 11) is 0. The molecule has 2 heterocycles. The number of carbonyl (C=O) groups is 3. The maximum Gasteiger partial charge on any atom is 0.419 e. The van der Waals surface area contributed by atoms with Crippen LogP contribution in [0.25, 0.3) is 5.57 Å². The van der Waals surface area contributed by atoms with Gasteiger partial charge in [-0.2, -0.15) is 0 Å². The van der Waals surface area contributed by atoms with Crippen molar-refractivity contribution in [3.63, 3.8) is 0 Å². The van der Waals surface area contributed by atoms with E-state index in [1.54, 1.807) is 39.0 Å². The predicted molar refractivity (Wildman–Crippen MR) is 114 cm³/mol. The molecule has 32 heavy (non-hydrogen) atoms. The molecule has 2 aliphatic rings. The minimum atomic E-state index is -1.30. The highest BCUT2D eigenvalue weighted by molar-refractivity contribution is 6.38. The Balaban J connectivity index is 1.95. The molecule has 0 aromatic heterocycles. The quantitative estimate of drug-likeness (QED) is 0.709. The van der Waals surface area contributed by atoms with Gasteiger partial charge in [-0.25, -0.2) is 18.5 Å². The van der Waals surface area contributed by atoms with Gasteiger partial charge in [0.1, 0.15) is 11.3 Å². The van der Waals surface area contributed by atoms with Crippen molar-refractivity contribution in [3.8, 4) is 0 Å². The number of rotatable bonds is 3. The number of hydrogen-bond donors (Lipinski definition) is 2. The summed E-state index contributed by atoms with van der Waals surface area (Å²) in [5.74, 6) is -4.34. The zero-order chi connectivity index (χ0) is 23.2. The fraction of sp³-hybridized carbons (Fsp3) is 0.261. The standard InChI is InChI=1S/C23H21F2N3O4/c1-23(2,3)32-22(31)28(13-7-8-16-12(11-13)9-10-26-16)19-17(20(29)27-21(19)30)14-5-4-6-15(24)18(14)25/h4-8,11,26H,9-10H2,1-3H3,(H,27,29,30). The first-order chi connectivity index (χ1) is 15.1. The lowest BCUT2D eigenvalue weighted by Gasteiger charge is -2.28. The molecule has 0 saturated carbocycles. The molecule has 0 saturated heterocycles. The number of nitrogens with one attached hydrogen (secondary N) is 2. The molecule has 0 spiro atoms. The summed E-state index contributed by atoms with van der Waals surface area (Å²) >= 11 is 0. The Morgan fingerprint density at radius 3 is 2.56 bits per heavy atom. The summed E-state index contributed by atoms with van der Waals surface area (Å²) in [6.07, 6.45) is -0.237. The Labute approximate surface area is 183 Å². The topological polar surface area (TPSA) is 87.7 Å². The molecule has 166 valence electrons. The maximum atomic E-state index is 14.6. The molecular weight excluding hydrogens is 420 g/mol. The average Bonchev–Trinajstić information content (AvgIpc) is 3.27. The molecular formula is C23H21F2N3O4. The molecule has 0 fully saturated rings. The van der Waals surface area contributed by atoms with Crippen molar-refractivity contribution >= 4 is 34.9 Å². The van der Waals surface area contributed by atoms with Gasteiger partial charge in [-0.1, -0.05) is 12.1 Å². The molecule has 2 aromatic carbocycles. The van der Waals surface area contributed by atoms with Gasteiger partial charge < -0.3 is 10.1 Å². The number of hydrogen-bond acceptors (Lipinski definition) is 5. The molecule has 0 atom stereocenters. The summed E-state index contributed by atoms with van der Waals surface area (Å²) in [6, 6.07) is 8.31. The average molecular weight is 441 g/mol. The predicted octanol–water partition coefficient (Wildman–Crippen LogP) is 3.74. The van der Waals surface area contributed by atoms with Gasteiger partial charge in [0.2, 0.25) is 0 Å². The highest BCUT2D eigenvalue weighted by atomic mass is 19.2. The fourth-order valence-electron chi connectivity index (χ4n) is 3.67. The van der Waals surface area contributed by atoms with Gasteiger partial charge in [0.15, 0.2) is 11.6 Å². The second kappa shape index (κ2) is 7.74. The van der Waals surface area contributed by atoms with Gasteiger partial charge in [0.05, 0.1) is 11.3 Å². The van der Waals surface area contributed by atoms with E-state index >= 15 is 0 Å². The van der Waals surface area contributed by atoms with E-state index < -0.39 is 52.0 Å². The van der Waals surface area contributed by atoms with Crippen LogP contribution in [0.3, 0.4) is 0 Å². The molecule has 0 aliphatic carbocycles. The summed E-state index contributed by atoms with van der Waals surface area (Å²) < 4.78 is 34.0. The Bertz CT molecular complexity index is 1180. The summed E-state index contributed by atoms with van der Waals surface area (Å²) in [6.45, 7) is 5.66. The van der Waals surface area contributed by atoms with Crippen LogP contribution in [0.2, 0.25) is 0 Å². The van der Waals surface area contributed by atoms with E-state index in [1.165, 1.54) is 12.1 Å². The lowest BCUT2D eigenvalue weighted by atomic mass is 10.0. The third kappa shape index (κ3) is 3.81. The molecule has 2 N–H and O–H groups in total. The first-order valence-electron chi connectivity index (χ1n) is 10.0. The first kappa shape index (κ1) is 21.5. The second-order valence-electron chi connectivity index (χ2n) is 8.44. The van der Waals surface area contributed by atoms with Crippen molar-refractivity contribution in [1.29, 1.82) is 0 Å². The third-order valence-corrected chi connectivity index (χ3v) is 4.98. The van der Waals surface area contributed by atoms with E-state index in [-0.39, 0.29) is 5.69 Å². The van der Waals surface area contributed by atoms with Crippen LogP contribution in [0.4, 0.5) is 25.0 Å². The van der Waals surface area contributed by atoms with Gasteiger partial charge in [0.25, 0.3) is 11.8 Å². The van der Waals surface area contributed by atoms with Gasteiger partial charge in [-0.05, 0) is 57.0 Å². The summed E-state index contributed by atoms with van der Waals surface area (Å²) in [5, 5.41) is 5.28. The molecule has 3 amide bonds. The minimum Gasteiger partial charge on any atom is -0.443 e. The van der Waals surface area contributed by atoms with Gasteiger partial charge in [-0.15, -0.1) is 0 Å². The molecule has 0 unspecified atom stereocenters. The zero-order valence-electron chi connectivity index (χ0n) is 17.7.